The third-order valence-electron chi connectivity index (χ3n) is 2.69. The van der Waals surface area contributed by atoms with Crippen molar-refractivity contribution in [1.29, 1.82) is 0 Å². The molecule has 0 spiro atoms. The third-order valence-corrected chi connectivity index (χ3v) is 3.82. The minimum atomic E-state index is -3.13. The van der Waals surface area contributed by atoms with Crippen LogP contribution in [0.25, 0.3) is 0 Å². The van der Waals surface area contributed by atoms with Gasteiger partial charge in [0.05, 0.1) is 4.90 Å². The molecule has 0 aliphatic carbocycles. The van der Waals surface area contributed by atoms with Crippen LogP contribution in [-0.2, 0) is 9.84 Å². The fraction of sp³-hybridized carbons (Fsp3) is 0.538. The average molecular weight is 270 g/mol. The van der Waals surface area contributed by atoms with Gasteiger partial charge in [0, 0.05) is 24.5 Å². The van der Waals surface area contributed by atoms with Gasteiger partial charge in [-0.15, -0.1) is 0 Å². The van der Waals surface area contributed by atoms with Crippen LogP contribution in [0.5, 0.6) is 0 Å². The summed E-state index contributed by atoms with van der Waals surface area (Å²) in [4.78, 5) is 0.334. The molecule has 1 aromatic rings. The Morgan fingerprint density at radius 1 is 1.22 bits per heavy atom. The maximum absolute atomic E-state index is 11.3. The molecule has 0 saturated carbocycles. The third kappa shape index (κ3) is 4.66. The first-order chi connectivity index (χ1) is 8.32. The summed E-state index contributed by atoms with van der Waals surface area (Å²) in [6.07, 6.45) is 2.20. The van der Waals surface area contributed by atoms with Crippen LogP contribution < -0.4 is 11.1 Å². The lowest BCUT2D eigenvalue weighted by atomic mass is 10.0. The standard InChI is InChI=1S/C13H22N2O2S/c1-10(2)8-12(9-14)15-11-4-6-13(7-5-11)18(3,16)17/h4-7,10,12,15H,8-9,14H2,1-3H3. The Bertz CT molecular complexity index is 466. The smallest absolute Gasteiger partial charge is 0.175 e. The van der Waals surface area contributed by atoms with E-state index in [1.807, 2.05) is 0 Å². The van der Waals surface area contributed by atoms with Crippen molar-refractivity contribution in [2.45, 2.75) is 31.2 Å². The van der Waals surface area contributed by atoms with Gasteiger partial charge in [-0.3, -0.25) is 0 Å². The summed E-state index contributed by atoms with van der Waals surface area (Å²) in [6.45, 7) is 4.86. The van der Waals surface area contributed by atoms with Crippen LogP contribution in [0.4, 0.5) is 5.69 Å². The van der Waals surface area contributed by atoms with Gasteiger partial charge in [-0.2, -0.15) is 0 Å². The number of anilines is 1. The van der Waals surface area contributed by atoms with E-state index >= 15 is 0 Å². The van der Waals surface area contributed by atoms with E-state index in [1.165, 1.54) is 6.26 Å². The van der Waals surface area contributed by atoms with Crippen LogP contribution in [0.3, 0.4) is 0 Å². The van der Waals surface area contributed by atoms with E-state index in [1.54, 1.807) is 24.3 Å². The largest absolute Gasteiger partial charge is 0.381 e. The highest BCUT2D eigenvalue weighted by Gasteiger charge is 2.10. The number of nitrogens with one attached hydrogen (secondary N) is 1. The number of rotatable bonds is 6. The lowest BCUT2D eigenvalue weighted by Crippen LogP contribution is -2.30. The Hall–Kier alpha value is -1.07. The molecule has 1 atom stereocenters. The van der Waals surface area contributed by atoms with Gasteiger partial charge in [0.2, 0.25) is 0 Å². The molecule has 4 nitrogen and oxygen atoms in total. The number of hydrogen-bond donors (Lipinski definition) is 2. The van der Waals surface area contributed by atoms with Gasteiger partial charge in [0.25, 0.3) is 0 Å². The maximum Gasteiger partial charge on any atom is 0.175 e. The first-order valence-corrected chi connectivity index (χ1v) is 7.98. The molecule has 1 rings (SSSR count). The van der Waals surface area contributed by atoms with Gasteiger partial charge in [-0.1, -0.05) is 13.8 Å². The molecule has 0 aromatic heterocycles. The summed E-state index contributed by atoms with van der Waals surface area (Å²) in [7, 11) is -3.13. The zero-order valence-corrected chi connectivity index (χ0v) is 12.0. The van der Waals surface area contributed by atoms with Crippen molar-refractivity contribution in [2.24, 2.45) is 11.7 Å². The number of sulfone groups is 1. The summed E-state index contributed by atoms with van der Waals surface area (Å²) in [6, 6.07) is 6.99. The second-order valence-electron chi connectivity index (χ2n) is 5.00. The molecular formula is C13H22N2O2S. The van der Waals surface area contributed by atoms with Crippen LogP contribution in [0, 0.1) is 5.92 Å². The lowest BCUT2D eigenvalue weighted by molar-refractivity contribution is 0.522. The van der Waals surface area contributed by atoms with Crippen LogP contribution in [0.15, 0.2) is 29.2 Å². The fourth-order valence-electron chi connectivity index (χ4n) is 1.82. The predicted octanol–water partition coefficient (Wildman–Crippen LogP) is 1.88. The van der Waals surface area contributed by atoms with Gasteiger partial charge in [0.1, 0.15) is 0 Å². The van der Waals surface area contributed by atoms with Crippen molar-refractivity contribution in [3.63, 3.8) is 0 Å². The van der Waals surface area contributed by atoms with E-state index in [0.29, 0.717) is 17.4 Å². The second kappa shape index (κ2) is 6.20. The van der Waals surface area contributed by atoms with Crippen LogP contribution >= 0.6 is 0 Å². The summed E-state index contributed by atoms with van der Waals surface area (Å²) < 4.78 is 22.7. The number of benzene rings is 1. The maximum atomic E-state index is 11.3. The second-order valence-corrected chi connectivity index (χ2v) is 7.02. The molecule has 0 fully saturated rings. The molecule has 0 heterocycles. The van der Waals surface area contributed by atoms with E-state index in [0.717, 1.165) is 12.1 Å². The van der Waals surface area contributed by atoms with Crippen LogP contribution in [0.2, 0.25) is 0 Å². The van der Waals surface area contributed by atoms with E-state index < -0.39 is 9.84 Å². The molecule has 3 N–H and O–H groups in total. The highest BCUT2D eigenvalue weighted by Crippen LogP contribution is 2.16. The monoisotopic (exact) mass is 270 g/mol. The van der Waals surface area contributed by atoms with Crippen molar-refractivity contribution < 1.29 is 8.42 Å². The molecule has 1 unspecified atom stereocenters. The molecule has 102 valence electrons. The normalized spacial score (nSPS) is 13.6. The van der Waals surface area contributed by atoms with E-state index in [-0.39, 0.29) is 6.04 Å². The molecule has 0 radical (unpaired) electrons. The first-order valence-electron chi connectivity index (χ1n) is 6.09. The Kier molecular flexibility index (Phi) is 5.16. The molecule has 0 bridgehead atoms. The molecule has 1 aromatic carbocycles. The number of hydrogen-bond acceptors (Lipinski definition) is 4. The predicted molar refractivity (Wildman–Crippen MR) is 75.5 cm³/mol. The minimum absolute atomic E-state index is 0.217. The minimum Gasteiger partial charge on any atom is -0.381 e. The van der Waals surface area contributed by atoms with E-state index in [9.17, 15) is 8.42 Å². The van der Waals surface area contributed by atoms with Crippen molar-refractivity contribution in [3.05, 3.63) is 24.3 Å². The summed E-state index contributed by atoms with van der Waals surface area (Å²) in [5.41, 5.74) is 6.61. The molecular weight excluding hydrogens is 248 g/mol. The zero-order valence-electron chi connectivity index (χ0n) is 11.2. The zero-order chi connectivity index (χ0) is 13.8. The van der Waals surface area contributed by atoms with Gasteiger partial charge < -0.3 is 11.1 Å². The highest BCUT2D eigenvalue weighted by molar-refractivity contribution is 7.90. The highest BCUT2D eigenvalue weighted by atomic mass is 32.2. The summed E-state index contributed by atoms with van der Waals surface area (Å²) in [5.74, 6) is 0.571. The molecule has 18 heavy (non-hydrogen) atoms. The number of nitrogens with two attached hydrogens (primary N) is 1. The molecule has 0 amide bonds. The summed E-state index contributed by atoms with van der Waals surface area (Å²) >= 11 is 0. The van der Waals surface area contributed by atoms with Crippen LogP contribution in [0.1, 0.15) is 20.3 Å². The molecule has 5 heteroatoms. The van der Waals surface area contributed by atoms with E-state index in [4.69, 9.17) is 5.73 Å². The van der Waals surface area contributed by atoms with Gasteiger partial charge >= 0.3 is 0 Å². The quantitative estimate of drug-likeness (QED) is 0.828. The molecule has 0 aliphatic heterocycles. The van der Waals surface area contributed by atoms with Crippen molar-refractivity contribution >= 4 is 15.5 Å². The lowest BCUT2D eigenvalue weighted by Gasteiger charge is -2.20. The van der Waals surface area contributed by atoms with Crippen molar-refractivity contribution in [2.75, 3.05) is 18.1 Å². The van der Waals surface area contributed by atoms with Crippen molar-refractivity contribution in [1.82, 2.24) is 0 Å². The topological polar surface area (TPSA) is 72.2 Å². The Morgan fingerprint density at radius 3 is 2.17 bits per heavy atom. The Labute approximate surface area is 110 Å². The molecule has 0 saturated heterocycles. The first kappa shape index (κ1) is 15.0. The fourth-order valence-corrected chi connectivity index (χ4v) is 2.45. The van der Waals surface area contributed by atoms with E-state index in [2.05, 4.69) is 19.2 Å². The molecule has 0 aliphatic rings. The Balaban J connectivity index is 2.74. The van der Waals surface area contributed by atoms with Gasteiger partial charge in [-0.25, -0.2) is 8.42 Å². The van der Waals surface area contributed by atoms with Gasteiger partial charge in [-0.05, 0) is 36.6 Å². The van der Waals surface area contributed by atoms with Gasteiger partial charge in [0.15, 0.2) is 9.84 Å². The summed E-state index contributed by atoms with van der Waals surface area (Å²) in [5, 5.41) is 3.32. The van der Waals surface area contributed by atoms with Crippen molar-refractivity contribution in [3.8, 4) is 0 Å². The van der Waals surface area contributed by atoms with Crippen LogP contribution in [-0.4, -0.2) is 27.3 Å². The average Bonchev–Trinajstić information content (AvgIpc) is 2.27. The Morgan fingerprint density at radius 2 is 1.78 bits per heavy atom. The SMILES string of the molecule is CC(C)CC(CN)Nc1ccc(S(C)(=O)=O)cc1.